The quantitative estimate of drug-likeness (QED) is 0.911. The minimum Gasteiger partial charge on any atom is -0.376 e. The van der Waals surface area contributed by atoms with Crippen LogP contribution < -0.4 is 5.32 Å². The Balaban J connectivity index is 1.95. The van der Waals surface area contributed by atoms with Crippen molar-refractivity contribution in [3.8, 4) is 6.07 Å². The third-order valence-corrected chi connectivity index (χ3v) is 4.57. The van der Waals surface area contributed by atoms with E-state index < -0.39 is 0 Å². The van der Waals surface area contributed by atoms with Crippen LogP contribution in [0.2, 0.25) is 0 Å². The molecule has 1 aromatic carbocycles. The lowest BCUT2D eigenvalue weighted by Gasteiger charge is -2.26. The number of ether oxygens (including phenoxy) is 1. The minimum atomic E-state index is -0.229. The van der Waals surface area contributed by atoms with E-state index >= 15 is 0 Å². The predicted octanol–water partition coefficient (Wildman–Crippen LogP) is 1.81. The predicted molar refractivity (Wildman–Crippen MR) is 75.2 cm³/mol. The van der Waals surface area contributed by atoms with Crippen molar-refractivity contribution >= 4 is 17.7 Å². The SMILES string of the molecule is COC1(CNC(=O)c2ccc(C#N)cc2)CCSC1. The monoisotopic (exact) mass is 276 g/mol. The van der Waals surface area contributed by atoms with Gasteiger partial charge in [-0.15, -0.1) is 0 Å². The summed E-state index contributed by atoms with van der Waals surface area (Å²) in [6.07, 6.45) is 0.960. The number of hydrogen-bond donors (Lipinski definition) is 1. The fourth-order valence-corrected chi connectivity index (χ4v) is 3.40. The number of carbonyl (C=O) groups is 1. The summed E-state index contributed by atoms with van der Waals surface area (Å²) in [5.74, 6) is 1.86. The molecule has 5 heteroatoms. The highest BCUT2D eigenvalue weighted by molar-refractivity contribution is 7.99. The molecule has 1 atom stereocenters. The number of carbonyl (C=O) groups excluding carboxylic acids is 1. The van der Waals surface area contributed by atoms with Crippen LogP contribution in [-0.2, 0) is 4.74 Å². The first-order valence-corrected chi connectivity index (χ1v) is 7.26. The molecule has 1 amide bonds. The first-order chi connectivity index (χ1) is 9.19. The molecular weight excluding hydrogens is 260 g/mol. The molecule has 1 aliphatic rings. The van der Waals surface area contributed by atoms with Crippen LogP contribution in [0, 0.1) is 11.3 Å². The molecule has 4 nitrogen and oxygen atoms in total. The molecule has 1 saturated heterocycles. The summed E-state index contributed by atoms with van der Waals surface area (Å²) in [7, 11) is 1.69. The van der Waals surface area contributed by atoms with Gasteiger partial charge in [-0.1, -0.05) is 0 Å². The van der Waals surface area contributed by atoms with E-state index in [1.807, 2.05) is 17.8 Å². The summed E-state index contributed by atoms with van der Waals surface area (Å²) < 4.78 is 5.54. The van der Waals surface area contributed by atoms with Crippen LogP contribution in [0.4, 0.5) is 0 Å². The molecule has 0 saturated carbocycles. The summed E-state index contributed by atoms with van der Waals surface area (Å²) in [5, 5.41) is 11.6. The third kappa shape index (κ3) is 3.28. The Hall–Kier alpha value is -1.51. The summed E-state index contributed by atoms with van der Waals surface area (Å²) >= 11 is 1.85. The summed E-state index contributed by atoms with van der Waals surface area (Å²) in [5.41, 5.74) is 0.889. The van der Waals surface area contributed by atoms with E-state index in [1.54, 1.807) is 31.4 Å². The highest BCUT2D eigenvalue weighted by atomic mass is 32.2. The molecule has 1 aromatic rings. The lowest BCUT2D eigenvalue weighted by molar-refractivity contribution is 0.0137. The van der Waals surface area contributed by atoms with Crippen LogP contribution in [0.1, 0.15) is 22.3 Å². The molecule has 100 valence electrons. The second-order valence-electron chi connectivity index (χ2n) is 4.56. The van der Waals surface area contributed by atoms with Gasteiger partial charge in [-0.3, -0.25) is 4.79 Å². The fraction of sp³-hybridized carbons (Fsp3) is 0.429. The first kappa shape index (κ1) is 13.9. The van der Waals surface area contributed by atoms with Gasteiger partial charge in [0, 0.05) is 25.0 Å². The highest BCUT2D eigenvalue weighted by Crippen LogP contribution is 2.30. The van der Waals surface area contributed by atoms with Crippen LogP contribution in [-0.4, -0.2) is 36.7 Å². The van der Waals surface area contributed by atoms with E-state index in [9.17, 15) is 4.79 Å². The lowest BCUT2D eigenvalue weighted by atomic mass is 10.0. The fourth-order valence-electron chi connectivity index (χ4n) is 2.00. The van der Waals surface area contributed by atoms with E-state index in [2.05, 4.69) is 5.32 Å². The maximum atomic E-state index is 12.0. The topological polar surface area (TPSA) is 62.1 Å². The number of amides is 1. The Morgan fingerprint density at radius 2 is 2.26 bits per heavy atom. The zero-order valence-corrected chi connectivity index (χ0v) is 11.6. The highest BCUT2D eigenvalue weighted by Gasteiger charge is 2.34. The van der Waals surface area contributed by atoms with E-state index in [-0.39, 0.29) is 11.5 Å². The Labute approximate surface area is 117 Å². The number of benzene rings is 1. The third-order valence-electron chi connectivity index (χ3n) is 3.35. The van der Waals surface area contributed by atoms with Crippen molar-refractivity contribution in [2.75, 3.05) is 25.2 Å². The van der Waals surface area contributed by atoms with Gasteiger partial charge in [0.2, 0.25) is 0 Å². The molecule has 1 unspecified atom stereocenters. The zero-order chi connectivity index (χ0) is 13.7. The minimum absolute atomic E-state index is 0.127. The Morgan fingerprint density at radius 3 is 2.79 bits per heavy atom. The standard InChI is InChI=1S/C14H16N2O2S/c1-18-14(6-7-19-10-14)9-16-13(17)12-4-2-11(8-15)3-5-12/h2-5H,6-7,9-10H2,1H3,(H,16,17). The van der Waals surface area contributed by atoms with Gasteiger partial charge >= 0.3 is 0 Å². The van der Waals surface area contributed by atoms with E-state index in [1.165, 1.54) is 0 Å². The summed E-state index contributed by atoms with van der Waals surface area (Å²) in [6.45, 7) is 0.523. The van der Waals surface area contributed by atoms with Gasteiger partial charge in [-0.25, -0.2) is 0 Å². The zero-order valence-electron chi connectivity index (χ0n) is 10.8. The first-order valence-electron chi connectivity index (χ1n) is 6.10. The van der Waals surface area contributed by atoms with Crippen molar-refractivity contribution in [2.24, 2.45) is 0 Å². The number of nitrogens with one attached hydrogen (secondary N) is 1. The summed E-state index contributed by atoms with van der Waals surface area (Å²) in [4.78, 5) is 12.0. The second-order valence-corrected chi connectivity index (χ2v) is 5.67. The molecular formula is C14H16N2O2S. The van der Waals surface area contributed by atoms with Gasteiger partial charge in [-0.05, 0) is 36.4 Å². The largest absolute Gasteiger partial charge is 0.376 e. The van der Waals surface area contributed by atoms with Gasteiger partial charge < -0.3 is 10.1 Å². The molecule has 0 aromatic heterocycles. The van der Waals surface area contributed by atoms with Crippen molar-refractivity contribution in [1.29, 1.82) is 5.26 Å². The van der Waals surface area contributed by atoms with Gasteiger partial charge in [0.25, 0.3) is 5.91 Å². The Morgan fingerprint density at radius 1 is 1.53 bits per heavy atom. The van der Waals surface area contributed by atoms with Gasteiger partial charge in [0.05, 0.1) is 17.2 Å². The molecule has 0 aliphatic carbocycles. The molecule has 1 aliphatic heterocycles. The van der Waals surface area contributed by atoms with Crippen LogP contribution in [0.15, 0.2) is 24.3 Å². The molecule has 0 radical (unpaired) electrons. The Kier molecular flexibility index (Phi) is 4.46. The smallest absolute Gasteiger partial charge is 0.251 e. The van der Waals surface area contributed by atoms with Crippen molar-refractivity contribution in [3.63, 3.8) is 0 Å². The summed E-state index contributed by atoms with van der Waals surface area (Å²) in [6, 6.07) is 8.65. The number of hydrogen-bond acceptors (Lipinski definition) is 4. The van der Waals surface area contributed by atoms with Crippen LogP contribution in [0.25, 0.3) is 0 Å². The number of thioether (sulfide) groups is 1. The molecule has 1 fully saturated rings. The van der Waals surface area contributed by atoms with Gasteiger partial charge in [0.15, 0.2) is 0 Å². The molecule has 0 spiro atoms. The maximum absolute atomic E-state index is 12.0. The molecule has 1 N–H and O–H groups in total. The van der Waals surface area contributed by atoms with Crippen LogP contribution in [0.3, 0.4) is 0 Å². The molecule has 1 heterocycles. The second kappa shape index (κ2) is 6.09. The van der Waals surface area contributed by atoms with Gasteiger partial charge in [0.1, 0.15) is 0 Å². The molecule has 2 rings (SSSR count). The van der Waals surface area contributed by atoms with Crippen molar-refractivity contribution in [2.45, 2.75) is 12.0 Å². The average molecular weight is 276 g/mol. The van der Waals surface area contributed by atoms with Crippen molar-refractivity contribution in [3.05, 3.63) is 35.4 Å². The maximum Gasteiger partial charge on any atom is 0.251 e. The van der Waals surface area contributed by atoms with Crippen LogP contribution in [0.5, 0.6) is 0 Å². The average Bonchev–Trinajstić information content (AvgIpc) is 2.94. The normalized spacial score (nSPS) is 21.9. The van der Waals surface area contributed by atoms with Crippen molar-refractivity contribution < 1.29 is 9.53 Å². The molecule has 19 heavy (non-hydrogen) atoms. The van der Waals surface area contributed by atoms with E-state index in [0.717, 1.165) is 17.9 Å². The number of nitrogens with zero attached hydrogens (tertiary/aromatic N) is 1. The van der Waals surface area contributed by atoms with Crippen LogP contribution >= 0.6 is 11.8 Å². The van der Waals surface area contributed by atoms with E-state index in [0.29, 0.717) is 17.7 Å². The van der Waals surface area contributed by atoms with E-state index in [4.69, 9.17) is 10.00 Å². The number of rotatable bonds is 4. The lowest BCUT2D eigenvalue weighted by Crippen LogP contribution is -2.44. The van der Waals surface area contributed by atoms with Crippen molar-refractivity contribution in [1.82, 2.24) is 5.32 Å². The number of nitriles is 1. The molecule has 0 bridgehead atoms. The Bertz CT molecular complexity index is 487. The number of methoxy groups -OCH3 is 1. The van der Waals surface area contributed by atoms with Gasteiger partial charge in [-0.2, -0.15) is 17.0 Å².